The molecule has 152 valence electrons. The number of ether oxygens (including phenoxy) is 1. The number of hydrogen-bond acceptors (Lipinski definition) is 6. The number of hydrogen-bond donors (Lipinski definition) is 1. The molecule has 1 saturated heterocycles. The Balaban J connectivity index is 1.31. The van der Waals surface area contributed by atoms with Crippen molar-refractivity contribution >= 4 is 23.2 Å². The number of halogens is 1. The molecule has 0 saturated carbocycles. The number of carbonyl (C=O) groups is 1. The first kappa shape index (κ1) is 19.2. The molecule has 1 aliphatic heterocycles. The van der Waals surface area contributed by atoms with Crippen molar-refractivity contribution in [2.45, 2.75) is 26.3 Å². The fraction of sp³-hybridized carbons (Fsp3) is 0.381. The van der Waals surface area contributed by atoms with E-state index in [0.717, 1.165) is 5.69 Å². The van der Waals surface area contributed by atoms with Crippen molar-refractivity contribution in [1.82, 2.24) is 15.3 Å². The maximum Gasteiger partial charge on any atom is 0.299 e. The maximum absolute atomic E-state index is 13.8. The van der Waals surface area contributed by atoms with E-state index in [1.165, 1.54) is 13.2 Å². The van der Waals surface area contributed by atoms with Gasteiger partial charge >= 0.3 is 0 Å². The number of aryl methyl sites for hydroxylation is 1. The van der Waals surface area contributed by atoms with Crippen LogP contribution in [-0.4, -0.2) is 36.1 Å². The summed E-state index contributed by atoms with van der Waals surface area (Å²) in [5.41, 5.74) is 2.86. The van der Waals surface area contributed by atoms with E-state index in [1.54, 1.807) is 12.1 Å². The minimum Gasteiger partial charge on any atom is -0.494 e. The zero-order valence-corrected chi connectivity index (χ0v) is 16.4. The van der Waals surface area contributed by atoms with Crippen LogP contribution >= 0.6 is 0 Å². The third kappa shape index (κ3) is 4.16. The van der Waals surface area contributed by atoms with Gasteiger partial charge in [0.05, 0.1) is 7.11 Å². The van der Waals surface area contributed by atoms with Crippen molar-refractivity contribution in [2.75, 3.05) is 25.1 Å². The molecule has 0 radical (unpaired) electrons. The van der Waals surface area contributed by atoms with Crippen LogP contribution in [0.1, 0.15) is 24.1 Å². The molecule has 0 atom stereocenters. The van der Waals surface area contributed by atoms with Crippen LogP contribution in [0.4, 0.5) is 10.4 Å². The van der Waals surface area contributed by atoms with Gasteiger partial charge in [-0.25, -0.2) is 9.37 Å². The van der Waals surface area contributed by atoms with Gasteiger partial charge in [-0.05, 0) is 49.6 Å². The van der Waals surface area contributed by atoms with E-state index < -0.39 is 5.82 Å². The van der Waals surface area contributed by atoms with Crippen molar-refractivity contribution in [3.05, 3.63) is 47.4 Å². The molecule has 29 heavy (non-hydrogen) atoms. The summed E-state index contributed by atoms with van der Waals surface area (Å²) in [5.74, 6) is -0.345. The summed E-state index contributed by atoms with van der Waals surface area (Å²) in [4.78, 5) is 23.4. The molecule has 2 aromatic heterocycles. The Morgan fingerprint density at radius 3 is 2.79 bits per heavy atom. The number of fused-ring (bicyclic) bond motifs is 1. The Morgan fingerprint density at radius 1 is 1.28 bits per heavy atom. The number of anilines is 1. The molecular formula is C21H23FN4O3. The van der Waals surface area contributed by atoms with E-state index in [4.69, 9.17) is 9.15 Å². The quantitative estimate of drug-likeness (QED) is 0.711. The topological polar surface area (TPSA) is 80.5 Å². The smallest absolute Gasteiger partial charge is 0.299 e. The second-order valence-electron chi connectivity index (χ2n) is 7.22. The number of amides is 1. The van der Waals surface area contributed by atoms with Crippen LogP contribution < -0.4 is 15.0 Å². The first-order chi connectivity index (χ1) is 14.0. The van der Waals surface area contributed by atoms with Gasteiger partial charge in [0.25, 0.3) is 6.01 Å². The first-order valence-electron chi connectivity index (χ1n) is 9.63. The Bertz CT molecular complexity index is 1030. The Hall–Kier alpha value is -3.16. The molecule has 1 fully saturated rings. The van der Waals surface area contributed by atoms with Crippen LogP contribution in [0.25, 0.3) is 11.2 Å². The summed E-state index contributed by atoms with van der Waals surface area (Å²) in [6.45, 7) is 3.57. The summed E-state index contributed by atoms with van der Waals surface area (Å²) >= 11 is 0. The van der Waals surface area contributed by atoms with Crippen LogP contribution in [-0.2, 0) is 11.3 Å². The molecule has 0 unspecified atom stereocenters. The number of carbonyl (C=O) groups excluding carboxylic acids is 1. The summed E-state index contributed by atoms with van der Waals surface area (Å²) < 4.78 is 24.5. The highest BCUT2D eigenvalue weighted by Gasteiger charge is 2.27. The minimum absolute atomic E-state index is 0.0178. The molecule has 3 aromatic rings. The second-order valence-corrected chi connectivity index (χ2v) is 7.22. The van der Waals surface area contributed by atoms with Crippen molar-refractivity contribution in [3.63, 3.8) is 0 Å². The van der Waals surface area contributed by atoms with Gasteiger partial charge in [0.1, 0.15) is 0 Å². The molecule has 0 bridgehead atoms. The lowest BCUT2D eigenvalue weighted by atomic mass is 9.96. The van der Waals surface area contributed by atoms with Crippen LogP contribution in [0.5, 0.6) is 5.75 Å². The molecule has 1 aromatic carbocycles. The van der Waals surface area contributed by atoms with E-state index >= 15 is 0 Å². The Labute approximate surface area is 167 Å². The van der Waals surface area contributed by atoms with Crippen molar-refractivity contribution in [3.8, 4) is 5.75 Å². The monoisotopic (exact) mass is 398 g/mol. The minimum atomic E-state index is -0.435. The fourth-order valence-corrected chi connectivity index (χ4v) is 3.52. The lowest BCUT2D eigenvalue weighted by Crippen LogP contribution is -2.40. The lowest BCUT2D eigenvalue weighted by Gasteiger charge is -2.30. The summed E-state index contributed by atoms with van der Waals surface area (Å²) in [6.07, 6.45) is 1.40. The van der Waals surface area contributed by atoms with Gasteiger partial charge in [-0.2, -0.15) is 4.98 Å². The molecule has 1 N–H and O–H groups in total. The molecule has 0 spiro atoms. The van der Waals surface area contributed by atoms with E-state index in [1.807, 2.05) is 24.0 Å². The van der Waals surface area contributed by atoms with Gasteiger partial charge in [-0.3, -0.25) is 4.79 Å². The number of pyridine rings is 1. The summed E-state index contributed by atoms with van der Waals surface area (Å²) in [6, 6.07) is 8.99. The van der Waals surface area contributed by atoms with E-state index in [2.05, 4.69) is 15.3 Å². The van der Waals surface area contributed by atoms with Gasteiger partial charge in [-0.1, -0.05) is 6.07 Å². The van der Waals surface area contributed by atoms with Crippen molar-refractivity contribution in [1.29, 1.82) is 0 Å². The number of rotatable bonds is 5. The molecular weight excluding hydrogens is 375 g/mol. The summed E-state index contributed by atoms with van der Waals surface area (Å²) in [5, 5.41) is 2.90. The van der Waals surface area contributed by atoms with Gasteiger partial charge in [0.15, 0.2) is 17.1 Å². The fourth-order valence-electron chi connectivity index (χ4n) is 3.52. The van der Waals surface area contributed by atoms with Crippen LogP contribution in [0.3, 0.4) is 0 Å². The van der Waals surface area contributed by atoms with Gasteiger partial charge < -0.3 is 19.4 Å². The predicted octanol–water partition coefficient (Wildman–Crippen LogP) is 3.21. The van der Waals surface area contributed by atoms with E-state index in [-0.39, 0.29) is 24.1 Å². The number of benzene rings is 1. The van der Waals surface area contributed by atoms with Crippen LogP contribution in [0, 0.1) is 18.7 Å². The van der Waals surface area contributed by atoms with Gasteiger partial charge in [-0.15, -0.1) is 0 Å². The molecule has 7 nitrogen and oxygen atoms in total. The Kier molecular flexibility index (Phi) is 5.33. The zero-order valence-electron chi connectivity index (χ0n) is 16.4. The number of aromatic nitrogens is 2. The normalized spacial score (nSPS) is 14.9. The first-order valence-corrected chi connectivity index (χ1v) is 9.63. The SMILES string of the molecule is COc1ccc(CNC(=O)C2CCN(c3nc4nc(C)ccc4o3)CC2)cc1F. The number of nitrogens with zero attached hydrogens (tertiary/aromatic N) is 3. The van der Waals surface area contributed by atoms with Crippen molar-refractivity contribution < 1.29 is 18.3 Å². The predicted molar refractivity (Wildman–Crippen MR) is 106 cm³/mol. The highest BCUT2D eigenvalue weighted by Crippen LogP contribution is 2.26. The third-order valence-electron chi connectivity index (χ3n) is 5.20. The highest BCUT2D eigenvalue weighted by molar-refractivity contribution is 5.79. The third-order valence-corrected chi connectivity index (χ3v) is 5.20. The molecule has 0 aliphatic carbocycles. The standard InChI is InChI=1S/C21H23FN4O3/c1-13-3-5-18-19(24-13)25-21(29-18)26-9-7-15(8-10-26)20(27)23-12-14-4-6-17(28-2)16(22)11-14/h3-6,11,15H,7-10,12H2,1-2H3,(H,23,27). The molecule has 1 amide bonds. The number of oxazole rings is 1. The largest absolute Gasteiger partial charge is 0.494 e. The number of methoxy groups -OCH3 is 1. The average Bonchev–Trinajstić information content (AvgIpc) is 3.15. The number of nitrogens with one attached hydrogen (secondary N) is 1. The lowest BCUT2D eigenvalue weighted by molar-refractivity contribution is -0.125. The highest BCUT2D eigenvalue weighted by atomic mass is 19.1. The molecule has 4 rings (SSSR count). The van der Waals surface area contributed by atoms with Crippen LogP contribution in [0.2, 0.25) is 0 Å². The van der Waals surface area contributed by atoms with Gasteiger partial charge in [0.2, 0.25) is 11.6 Å². The zero-order chi connectivity index (χ0) is 20.4. The molecule has 8 heteroatoms. The maximum atomic E-state index is 13.8. The van der Waals surface area contributed by atoms with E-state index in [0.29, 0.717) is 48.7 Å². The molecule has 3 heterocycles. The van der Waals surface area contributed by atoms with Gasteiger partial charge in [0, 0.05) is 31.2 Å². The average molecular weight is 398 g/mol. The molecule has 1 aliphatic rings. The summed E-state index contributed by atoms with van der Waals surface area (Å²) in [7, 11) is 1.42. The van der Waals surface area contributed by atoms with E-state index in [9.17, 15) is 9.18 Å². The Morgan fingerprint density at radius 2 is 2.07 bits per heavy atom. The van der Waals surface area contributed by atoms with Crippen molar-refractivity contribution in [2.24, 2.45) is 5.92 Å². The number of piperidine rings is 1. The second kappa shape index (κ2) is 8.06. The van der Waals surface area contributed by atoms with Crippen LogP contribution in [0.15, 0.2) is 34.7 Å².